The van der Waals surface area contributed by atoms with Crippen LogP contribution in [0.2, 0.25) is 0 Å². The number of hydrogen-bond donors (Lipinski definition) is 1. The lowest BCUT2D eigenvalue weighted by Crippen LogP contribution is -2.09. The molecule has 0 saturated carbocycles. The first kappa shape index (κ1) is 15.4. The first-order valence-corrected chi connectivity index (χ1v) is 6.44. The summed E-state index contributed by atoms with van der Waals surface area (Å²) in [6.07, 6.45) is 0.879. The zero-order valence-corrected chi connectivity index (χ0v) is 11.7. The minimum Gasteiger partial charge on any atom is -0.381 e. The van der Waals surface area contributed by atoms with Gasteiger partial charge in [0.1, 0.15) is 11.5 Å². The molecule has 0 saturated heterocycles. The maximum absolute atomic E-state index is 10.6. The molecule has 1 heterocycles. The van der Waals surface area contributed by atoms with Crippen molar-refractivity contribution in [2.24, 2.45) is 5.92 Å². The number of rotatable bonds is 8. The van der Waals surface area contributed by atoms with E-state index in [0.29, 0.717) is 24.0 Å². The first-order chi connectivity index (χ1) is 9.00. The lowest BCUT2D eigenvalue weighted by atomic mass is 10.2. The highest BCUT2D eigenvalue weighted by Crippen LogP contribution is 2.17. The molecule has 0 atom stereocenters. The number of nitro groups is 1. The molecule has 0 fully saturated rings. The Hall–Kier alpha value is -1.69. The van der Waals surface area contributed by atoms with Crippen molar-refractivity contribution in [1.82, 2.24) is 4.98 Å². The largest absolute Gasteiger partial charge is 0.381 e. The fourth-order valence-corrected chi connectivity index (χ4v) is 1.55. The molecule has 0 bridgehead atoms. The van der Waals surface area contributed by atoms with Gasteiger partial charge in [-0.15, -0.1) is 0 Å². The average molecular weight is 267 g/mol. The molecule has 0 aliphatic rings. The quantitative estimate of drug-likeness (QED) is 0.445. The highest BCUT2D eigenvalue weighted by Gasteiger charge is 2.11. The molecule has 0 aliphatic carbocycles. The molecular formula is C13H21N3O3. The van der Waals surface area contributed by atoms with Crippen LogP contribution in [0.5, 0.6) is 0 Å². The summed E-state index contributed by atoms with van der Waals surface area (Å²) in [5, 5.41) is 13.8. The molecule has 0 aliphatic heterocycles. The van der Waals surface area contributed by atoms with Gasteiger partial charge in [-0.1, -0.05) is 13.8 Å². The van der Waals surface area contributed by atoms with Gasteiger partial charge in [0.25, 0.3) is 5.69 Å². The van der Waals surface area contributed by atoms with Crippen molar-refractivity contribution in [3.05, 3.63) is 27.9 Å². The summed E-state index contributed by atoms with van der Waals surface area (Å²) in [6.45, 7) is 8.08. The van der Waals surface area contributed by atoms with E-state index in [0.717, 1.165) is 19.6 Å². The second-order valence-electron chi connectivity index (χ2n) is 4.81. The molecule has 0 aromatic carbocycles. The summed E-state index contributed by atoms with van der Waals surface area (Å²) in [5.41, 5.74) is 0.469. The zero-order chi connectivity index (χ0) is 14.3. The Morgan fingerprint density at radius 2 is 2.21 bits per heavy atom. The highest BCUT2D eigenvalue weighted by atomic mass is 16.6. The normalized spacial score (nSPS) is 10.7. The molecule has 0 radical (unpaired) electrons. The summed E-state index contributed by atoms with van der Waals surface area (Å²) < 4.78 is 5.46. The zero-order valence-electron chi connectivity index (χ0n) is 11.7. The Labute approximate surface area is 113 Å². The van der Waals surface area contributed by atoms with Gasteiger partial charge in [-0.25, -0.2) is 4.98 Å². The Morgan fingerprint density at radius 3 is 2.79 bits per heavy atom. The number of pyridine rings is 1. The van der Waals surface area contributed by atoms with Crippen molar-refractivity contribution in [2.45, 2.75) is 27.2 Å². The predicted molar refractivity (Wildman–Crippen MR) is 74.4 cm³/mol. The molecule has 1 N–H and O–H groups in total. The number of aromatic nitrogens is 1. The van der Waals surface area contributed by atoms with E-state index < -0.39 is 4.92 Å². The van der Waals surface area contributed by atoms with Crippen LogP contribution in [0.3, 0.4) is 0 Å². The third kappa shape index (κ3) is 5.65. The minimum atomic E-state index is -0.425. The van der Waals surface area contributed by atoms with Gasteiger partial charge < -0.3 is 10.1 Å². The molecule has 6 nitrogen and oxygen atoms in total. The summed E-state index contributed by atoms with van der Waals surface area (Å²) in [5.74, 6) is 1.21. The van der Waals surface area contributed by atoms with Crippen LogP contribution in [-0.2, 0) is 4.74 Å². The number of aryl methyl sites for hydroxylation is 1. The van der Waals surface area contributed by atoms with Crippen LogP contribution >= 0.6 is 0 Å². The van der Waals surface area contributed by atoms with Gasteiger partial charge in [-0.2, -0.15) is 0 Å². The molecule has 0 unspecified atom stereocenters. The number of nitrogens with zero attached hydrogens (tertiary/aromatic N) is 2. The van der Waals surface area contributed by atoms with Gasteiger partial charge in [-0.3, -0.25) is 10.1 Å². The van der Waals surface area contributed by atoms with Gasteiger partial charge in [0.15, 0.2) is 0 Å². The topological polar surface area (TPSA) is 77.3 Å². The fraction of sp³-hybridized carbons (Fsp3) is 0.615. The van der Waals surface area contributed by atoms with Crippen molar-refractivity contribution >= 4 is 11.5 Å². The second-order valence-corrected chi connectivity index (χ2v) is 4.81. The second kappa shape index (κ2) is 7.68. The Balaban J connectivity index is 2.30. The Morgan fingerprint density at radius 1 is 1.47 bits per heavy atom. The van der Waals surface area contributed by atoms with Gasteiger partial charge in [-0.05, 0) is 25.3 Å². The molecule has 1 rings (SSSR count). The van der Waals surface area contributed by atoms with E-state index in [4.69, 9.17) is 4.74 Å². The molecule has 1 aromatic heterocycles. The van der Waals surface area contributed by atoms with Crippen LogP contribution in [0.4, 0.5) is 11.5 Å². The van der Waals surface area contributed by atoms with Crippen LogP contribution in [0, 0.1) is 23.0 Å². The lowest BCUT2D eigenvalue weighted by molar-refractivity contribution is -0.385. The van der Waals surface area contributed by atoms with Gasteiger partial charge in [0, 0.05) is 25.8 Å². The highest BCUT2D eigenvalue weighted by molar-refractivity contribution is 5.44. The van der Waals surface area contributed by atoms with E-state index in [1.54, 1.807) is 13.0 Å². The van der Waals surface area contributed by atoms with Crippen LogP contribution < -0.4 is 5.32 Å². The monoisotopic (exact) mass is 267 g/mol. The van der Waals surface area contributed by atoms with E-state index in [1.807, 2.05) is 0 Å². The standard InChI is InChI=1S/C13H21N3O3/c1-10(2)9-19-8-4-7-14-13-6-5-12(16(17)18)11(3)15-13/h5-6,10H,4,7-9H2,1-3H3,(H,14,15). The maximum atomic E-state index is 10.6. The number of anilines is 1. The summed E-state index contributed by atoms with van der Waals surface area (Å²) in [6, 6.07) is 3.10. The van der Waals surface area contributed by atoms with Crippen LogP contribution in [0.1, 0.15) is 26.0 Å². The molecule has 19 heavy (non-hydrogen) atoms. The molecule has 1 aromatic rings. The average Bonchev–Trinajstić information content (AvgIpc) is 2.32. The number of nitrogens with one attached hydrogen (secondary N) is 1. The van der Waals surface area contributed by atoms with Crippen molar-refractivity contribution in [3.63, 3.8) is 0 Å². The van der Waals surface area contributed by atoms with Crippen molar-refractivity contribution < 1.29 is 9.66 Å². The van der Waals surface area contributed by atoms with Crippen LogP contribution in [-0.4, -0.2) is 29.7 Å². The van der Waals surface area contributed by atoms with Crippen molar-refractivity contribution in [1.29, 1.82) is 0 Å². The Kier molecular flexibility index (Phi) is 6.21. The smallest absolute Gasteiger partial charge is 0.290 e. The number of hydrogen-bond acceptors (Lipinski definition) is 5. The lowest BCUT2D eigenvalue weighted by Gasteiger charge is -2.08. The summed E-state index contributed by atoms with van der Waals surface area (Å²) in [7, 11) is 0. The van der Waals surface area contributed by atoms with E-state index in [9.17, 15) is 10.1 Å². The SMILES string of the molecule is Cc1nc(NCCCOCC(C)C)ccc1[N+](=O)[O-]. The van der Waals surface area contributed by atoms with Gasteiger partial charge in [0.05, 0.1) is 4.92 Å². The molecular weight excluding hydrogens is 246 g/mol. The predicted octanol–water partition coefficient (Wildman–Crippen LogP) is 2.77. The van der Waals surface area contributed by atoms with Gasteiger partial charge >= 0.3 is 0 Å². The van der Waals surface area contributed by atoms with Crippen molar-refractivity contribution in [3.8, 4) is 0 Å². The van der Waals surface area contributed by atoms with E-state index in [2.05, 4.69) is 24.1 Å². The third-order valence-electron chi connectivity index (χ3n) is 2.48. The minimum absolute atomic E-state index is 0.0471. The number of ether oxygens (including phenoxy) is 1. The first-order valence-electron chi connectivity index (χ1n) is 6.44. The van der Waals surface area contributed by atoms with E-state index in [-0.39, 0.29) is 5.69 Å². The third-order valence-corrected chi connectivity index (χ3v) is 2.48. The Bertz CT molecular complexity index is 422. The van der Waals surface area contributed by atoms with Crippen LogP contribution in [0.15, 0.2) is 12.1 Å². The fourth-order valence-electron chi connectivity index (χ4n) is 1.55. The van der Waals surface area contributed by atoms with E-state index >= 15 is 0 Å². The molecule has 0 spiro atoms. The summed E-state index contributed by atoms with van der Waals surface area (Å²) >= 11 is 0. The van der Waals surface area contributed by atoms with Crippen LogP contribution in [0.25, 0.3) is 0 Å². The summed E-state index contributed by atoms with van der Waals surface area (Å²) in [4.78, 5) is 14.4. The van der Waals surface area contributed by atoms with Gasteiger partial charge in [0.2, 0.25) is 0 Å². The van der Waals surface area contributed by atoms with E-state index in [1.165, 1.54) is 6.07 Å². The maximum Gasteiger partial charge on any atom is 0.290 e. The van der Waals surface area contributed by atoms with Crippen molar-refractivity contribution in [2.75, 3.05) is 25.1 Å². The molecule has 106 valence electrons. The molecule has 6 heteroatoms. The molecule has 0 amide bonds.